The summed E-state index contributed by atoms with van der Waals surface area (Å²) >= 11 is 0. The van der Waals surface area contributed by atoms with E-state index in [0.717, 1.165) is 11.4 Å². The zero-order valence-electron chi connectivity index (χ0n) is 16.4. The molecule has 1 fully saturated rings. The number of nitrogens with zero attached hydrogens (tertiary/aromatic N) is 3. The number of benzene rings is 2. The number of carbonyl (C=O) groups excluding carboxylic acids is 1. The summed E-state index contributed by atoms with van der Waals surface area (Å²) in [5.41, 5.74) is 1.48. The summed E-state index contributed by atoms with van der Waals surface area (Å²) < 4.78 is 21.4. The Hall–Kier alpha value is -3.55. The van der Waals surface area contributed by atoms with Gasteiger partial charge >= 0.3 is 0 Å². The van der Waals surface area contributed by atoms with Crippen molar-refractivity contribution in [3.05, 3.63) is 48.4 Å². The largest absolute Gasteiger partial charge is 0.497 e. The number of hydrogen-bond donors (Lipinski definition) is 0. The maximum atomic E-state index is 12.5. The van der Waals surface area contributed by atoms with Crippen LogP contribution in [0.1, 0.15) is 18.2 Å². The van der Waals surface area contributed by atoms with Crippen molar-refractivity contribution in [3.63, 3.8) is 0 Å². The number of carbonyl (C=O) groups is 1. The molecule has 0 saturated carbocycles. The van der Waals surface area contributed by atoms with E-state index in [1.54, 1.807) is 32.3 Å². The fraction of sp³-hybridized carbons (Fsp3) is 0.286. The molecule has 0 N–H and O–H groups in total. The number of anilines is 1. The van der Waals surface area contributed by atoms with Crippen LogP contribution in [0.15, 0.2) is 47.0 Å². The molecule has 0 bridgehead atoms. The molecule has 2 aromatic carbocycles. The van der Waals surface area contributed by atoms with Gasteiger partial charge in [0, 0.05) is 18.7 Å². The first-order valence-electron chi connectivity index (χ1n) is 9.14. The predicted octanol–water partition coefficient (Wildman–Crippen LogP) is 3.28. The lowest BCUT2D eigenvalue weighted by molar-refractivity contribution is -0.117. The van der Waals surface area contributed by atoms with Gasteiger partial charge in [-0.1, -0.05) is 11.2 Å². The first-order valence-corrected chi connectivity index (χ1v) is 9.14. The topological polar surface area (TPSA) is 86.9 Å². The van der Waals surface area contributed by atoms with E-state index in [0.29, 0.717) is 41.7 Å². The summed E-state index contributed by atoms with van der Waals surface area (Å²) in [6.07, 6.45) is 0.308. The van der Waals surface area contributed by atoms with E-state index in [4.69, 9.17) is 18.7 Å². The Bertz CT molecular complexity index is 1020. The number of ether oxygens (including phenoxy) is 3. The van der Waals surface area contributed by atoms with E-state index in [9.17, 15) is 4.79 Å². The van der Waals surface area contributed by atoms with Gasteiger partial charge in [-0.3, -0.25) is 4.79 Å². The van der Waals surface area contributed by atoms with E-state index in [1.807, 2.05) is 36.4 Å². The van der Waals surface area contributed by atoms with Gasteiger partial charge in [-0.15, -0.1) is 0 Å². The van der Waals surface area contributed by atoms with Crippen molar-refractivity contribution in [2.75, 3.05) is 32.8 Å². The number of para-hydroxylation sites is 1. The van der Waals surface area contributed by atoms with E-state index >= 15 is 0 Å². The molecule has 150 valence electrons. The second-order valence-electron chi connectivity index (χ2n) is 6.60. The molecule has 1 atom stereocenters. The third-order valence-corrected chi connectivity index (χ3v) is 4.94. The molecule has 4 rings (SSSR count). The van der Waals surface area contributed by atoms with Crippen molar-refractivity contribution in [3.8, 4) is 28.6 Å². The summed E-state index contributed by atoms with van der Waals surface area (Å²) in [6.45, 7) is 0.474. The lowest BCUT2D eigenvalue weighted by Crippen LogP contribution is -2.24. The van der Waals surface area contributed by atoms with Crippen molar-refractivity contribution < 1.29 is 23.5 Å². The Balaban J connectivity index is 1.57. The van der Waals surface area contributed by atoms with Gasteiger partial charge in [-0.05, 0) is 36.4 Å². The van der Waals surface area contributed by atoms with E-state index in [1.165, 1.54) is 0 Å². The second-order valence-corrected chi connectivity index (χ2v) is 6.60. The van der Waals surface area contributed by atoms with Crippen LogP contribution in [-0.2, 0) is 4.79 Å². The first kappa shape index (κ1) is 18.8. The first-order chi connectivity index (χ1) is 14.1. The van der Waals surface area contributed by atoms with Gasteiger partial charge in [0.2, 0.25) is 17.6 Å². The number of rotatable bonds is 6. The minimum absolute atomic E-state index is 0.0128. The lowest BCUT2D eigenvalue weighted by atomic mass is 10.1. The molecule has 8 nitrogen and oxygen atoms in total. The Morgan fingerprint density at radius 1 is 1.03 bits per heavy atom. The van der Waals surface area contributed by atoms with Crippen LogP contribution in [0, 0.1) is 0 Å². The number of methoxy groups -OCH3 is 3. The average Bonchev–Trinajstić information content (AvgIpc) is 3.40. The SMILES string of the molecule is COc1ccc(N2C[C@@H](c3nc(-c4cccc(OC)c4OC)no3)CC2=O)cc1. The standard InChI is InChI=1S/C21H21N3O5/c1-26-15-9-7-14(8-10-15)24-12-13(11-18(24)25)21-22-20(23-29-21)16-5-4-6-17(27-2)19(16)28-3/h4-10,13H,11-12H2,1-3H3/t13-/m0/s1. The van der Waals surface area contributed by atoms with Crippen molar-refractivity contribution in [2.45, 2.75) is 12.3 Å². The average molecular weight is 395 g/mol. The minimum atomic E-state index is -0.178. The van der Waals surface area contributed by atoms with Gasteiger partial charge in [0.25, 0.3) is 0 Å². The minimum Gasteiger partial charge on any atom is -0.497 e. The van der Waals surface area contributed by atoms with E-state index < -0.39 is 0 Å². The Morgan fingerprint density at radius 2 is 1.83 bits per heavy atom. The Morgan fingerprint density at radius 3 is 2.52 bits per heavy atom. The fourth-order valence-electron chi connectivity index (χ4n) is 3.46. The quantitative estimate of drug-likeness (QED) is 0.633. The fourth-order valence-corrected chi connectivity index (χ4v) is 3.46. The predicted molar refractivity (Wildman–Crippen MR) is 106 cm³/mol. The van der Waals surface area contributed by atoms with Crippen LogP contribution in [-0.4, -0.2) is 43.9 Å². The van der Waals surface area contributed by atoms with E-state index in [2.05, 4.69) is 10.1 Å². The number of hydrogen-bond acceptors (Lipinski definition) is 7. The smallest absolute Gasteiger partial charge is 0.232 e. The van der Waals surface area contributed by atoms with Crippen LogP contribution in [0.25, 0.3) is 11.4 Å². The summed E-state index contributed by atoms with van der Waals surface area (Å²) in [5.74, 6) is 2.51. The van der Waals surface area contributed by atoms with E-state index in [-0.39, 0.29) is 11.8 Å². The van der Waals surface area contributed by atoms with Gasteiger partial charge in [0.15, 0.2) is 11.5 Å². The van der Waals surface area contributed by atoms with Crippen molar-refractivity contribution >= 4 is 11.6 Å². The third kappa shape index (κ3) is 3.49. The molecule has 1 saturated heterocycles. The molecule has 0 aliphatic carbocycles. The molecule has 1 aliphatic rings. The molecular formula is C21H21N3O5. The molecule has 0 spiro atoms. The highest BCUT2D eigenvalue weighted by Crippen LogP contribution is 2.38. The molecule has 2 heterocycles. The van der Waals surface area contributed by atoms with Crippen molar-refractivity contribution in [1.82, 2.24) is 10.1 Å². The summed E-state index contributed by atoms with van der Waals surface area (Å²) in [5, 5.41) is 4.09. The molecule has 1 aromatic heterocycles. The van der Waals surface area contributed by atoms with Crippen LogP contribution >= 0.6 is 0 Å². The molecule has 1 aliphatic heterocycles. The van der Waals surface area contributed by atoms with Crippen LogP contribution < -0.4 is 19.1 Å². The maximum absolute atomic E-state index is 12.5. The zero-order chi connectivity index (χ0) is 20.4. The second kappa shape index (κ2) is 7.83. The monoisotopic (exact) mass is 395 g/mol. The molecule has 0 radical (unpaired) electrons. The van der Waals surface area contributed by atoms with Gasteiger partial charge in [-0.25, -0.2) is 0 Å². The Kier molecular flexibility index (Phi) is 5.07. The maximum Gasteiger partial charge on any atom is 0.232 e. The van der Waals surface area contributed by atoms with Crippen LogP contribution in [0.3, 0.4) is 0 Å². The lowest BCUT2D eigenvalue weighted by Gasteiger charge is -2.16. The highest BCUT2D eigenvalue weighted by molar-refractivity contribution is 5.96. The number of amides is 1. The molecule has 8 heteroatoms. The van der Waals surface area contributed by atoms with Crippen molar-refractivity contribution in [1.29, 1.82) is 0 Å². The Labute approximate surface area is 168 Å². The van der Waals surface area contributed by atoms with Crippen LogP contribution in [0.5, 0.6) is 17.2 Å². The van der Waals surface area contributed by atoms with Gasteiger partial charge in [-0.2, -0.15) is 4.98 Å². The molecular weight excluding hydrogens is 374 g/mol. The third-order valence-electron chi connectivity index (χ3n) is 4.94. The summed E-state index contributed by atoms with van der Waals surface area (Å²) in [6, 6.07) is 12.8. The normalized spacial score (nSPS) is 16.2. The highest BCUT2D eigenvalue weighted by Gasteiger charge is 2.35. The van der Waals surface area contributed by atoms with Gasteiger partial charge < -0.3 is 23.6 Å². The van der Waals surface area contributed by atoms with Crippen LogP contribution in [0.4, 0.5) is 5.69 Å². The molecule has 1 amide bonds. The highest BCUT2D eigenvalue weighted by atomic mass is 16.5. The van der Waals surface area contributed by atoms with Gasteiger partial charge in [0.05, 0.1) is 32.8 Å². The molecule has 0 unspecified atom stereocenters. The van der Waals surface area contributed by atoms with Crippen molar-refractivity contribution in [2.24, 2.45) is 0 Å². The number of aromatic nitrogens is 2. The summed E-state index contributed by atoms with van der Waals surface area (Å²) in [4.78, 5) is 18.8. The molecule has 29 heavy (non-hydrogen) atoms. The summed E-state index contributed by atoms with van der Waals surface area (Å²) in [7, 11) is 4.74. The zero-order valence-corrected chi connectivity index (χ0v) is 16.4. The van der Waals surface area contributed by atoms with Crippen LogP contribution in [0.2, 0.25) is 0 Å². The molecule has 3 aromatic rings. The van der Waals surface area contributed by atoms with Gasteiger partial charge in [0.1, 0.15) is 5.75 Å².